The lowest BCUT2D eigenvalue weighted by atomic mass is 9.97. The van der Waals surface area contributed by atoms with Gasteiger partial charge in [-0.2, -0.15) is 0 Å². The Morgan fingerprint density at radius 3 is 2.75 bits per heavy atom. The Kier molecular flexibility index (Phi) is 4.43. The first-order valence-corrected chi connectivity index (χ1v) is 8.92. The van der Waals surface area contributed by atoms with E-state index in [1.807, 2.05) is 24.3 Å². The van der Waals surface area contributed by atoms with E-state index in [1.54, 1.807) is 13.0 Å². The second kappa shape index (κ2) is 6.79. The van der Waals surface area contributed by atoms with Crippen molar-refractivity contribution in [1.82, 2.24) is 9.80 Å². The molecule has 1 unspecified atom stereocenters. The van der Waals surface area contributed by atoms with E-state index in [-0.39, 0.29) is 18.6 Å². The highest BCUT2D eigenvalue weighted by Crippen LogP contribution is 2.49. The number of hydrogen-bond acceptors (Lipinski definition) is 5. The second-order valence-electron chi connectivity index (χ2n) is 7.05. The molecule has 3 aliphatic rings. The van der Waals surface area contributed by atoms with Crippen molar-refractivity contribution in [2.45, 2.75) is 25.6 Å². The van der Waals surface area contributed by atoms with E-state index in [9.17, 15) is 19.5 Å². The van der Waals surface area contributed by atoms with E-state index in [0.717, 1.165) is 16.0 Å². The maximum Gasteiger partial charge on any atom is 0.414 e. The lowest BCUT2D eigenvalue weighted by Crippen LogP contribution is -2.37. The Balaban J connectivity index is 1.64. The first kappa shape index (κ1) is 18.2. The first-order valence-electron chi connectivity index (χ1n) is 8.92. The third-order valence-corrected chi connectivity index (χ3v) is 5.44. The average molecular weight is 384 g/mol. The minimum atomic E-state index is -1.28. The zero-order valence-electron chi connectivity index (χ0n) is 15.5. The van der Waals surface area contributed by atoms with Crippen molar-refractivity contribution in [3.63, 3.8) is 0 Å². The molecule has 1 N–H and O–H groups in total. The maximum atomic E-state index is 12.8. The van der Waals surface area contributed by atoms with Crippen LogP contribution in [0.4, 0.5) is 4.79 Å². The van der Waals surface area contributed by atoms with Gasteiger partial charge in [0.2, 0.25) is 0 Å². The van der Waals surface area contributed by atoms with Gasteiger partial charge in [0, 0.05) is 18.6 Å². The Morgan fingerprint density at radius 1 is 1.29 bits per heavy atom. The number of benzene rings is 1. The smallest absolute Gasteiger partial charge is 0.414 e. The molecular formula is C20H20N2O6. The second-order valence-corrected chi connectivity index (χ2v) is 7.05. The van der Waals surface area contributed by atoms with Crippen LogP contribution < -0.4 is 0 Å². The number of nitrogens with zero attached hydrogens (tertiary/aromatic N) is 2. The molecule has 0 bridgehead atoms. The number of amides is 3. The highest BCUT2D eigenvalue weighted by molar-refractivity contribution is 6.05. The average Bonchev–Trinajstić information content (AvgIpc) is 3.25. The number of methoxy groups -OCH3 is 1. The number of ether oxygens (including phenoxy) is 2. The quantitative estimate of drug-likeness (QED) is 0.630. The van der Waals surface area contributed by atoms with Crippen LogP contribution in [0.2, 0.25) is 0 Å². The van der Waals surface area contributed by atoms with Crippen molar-refractivity contribution in [3.05, 3.63) is 58.9 Å². The molecule has 1 saturated heterocycles. The lowest BCUT2D eigenvalue weighted by Gasteiger charge is -2.23. The van der Waals surface area contributed by atoms with Crippen molar-refractivity contribution >= 4 is 17.9 Å². The monoisotopic (exact) mass is 384 g/mol. The number of carbonyl (C=O) groups excluding carboxylic acids is 2. The van der Waals surface area contributed by atoms with Gasteiger partial charge in [0.15, 0.2) is 6.23 Å². The zero-order valence-corrected chi connectivity index (χ0v) is 15.5. The molecule has 8 heteroatoms. The topological polar surface area (TPSA) is 96.4 Å². The Hall–Kier alpha value is -3.13. The first-order chi connectivity index (χ1) is 13.4. The van der Waals surface area contributed by atoms with Crippen LogP contribution in [0, 0.1) is 5.92 Å². The molecule has 0 saturated carbocycles. The van der Waals surface area contributed by atoms with Crippen LogP contribution in [0.5, 0.6) is 0 Å². The third kappa shape index (κ3) is 2.68. The number of likely N-dealkylation sites (tertiary alicyclic amines) is 1. The van der Waals surface area contributed by atoms with Crippen LogP contribution in [0.15, 0.2) is 47.7 Å². The summed E-state index contributed by atoms with van der Waals surface area (Å²) >= 11 is 0. The molecule has 2 heterocycles. The van der Waals surface area contributed by atoms with Crippen molar-refractivity contribution in [2.75, 3.05) is 13.8 Å². The summed E-state index contributed by atoms with van der Waals surface area (Å²) in [4.78, 5) is 39.0. The fourth-order valence-corrected chi connectivity index (χ4v) is 4.18. The molecule has 146 valence electrons. The van der Waals surface area contributed by atoms with Crippen molar-refractivity contribution < 1.29 is 29.0 Å². The van der Waals surface area contributed by atoms with Gasteiger partial charge < -0.3 is 14.6 Å². The van der Waals surface area contributed by atoms with E-state index in [2.05, 4.69) is 0 Å². The molecule has 0 aromatic heterocycles. The predicted octanol–water partition coefficient (Wildman–Crippen LogP) is 2.04. The predicted molar refractivity (Wildman–Crippen MR) is 96.7 cm³/mol. The van der Waals surface area contributed by atoms with Gasteiger partial charge in [-0.15, -0.1) is 0 Å². The highest BCUT2D eigenvalue weighted by Gasteiger charge is 2.52. The molecule has 4 rings (SSSR count). The van der Waals surface area contributed by atoms with E-state index in [4.69, 9.17) is 9.47 Å². The molecule has 1 aromatic carbocycles. The van der Waals surface area contributed by atoms with Crippen molar-refractivity contribution in [3.8, 4) is 0 Å². The Morgan fingerprint density at radius 2 is 2.04 bits per heavy atom. The van der Waals surface area contributed by atoms with Gasteiger partial charge in [-0.1, -0.05) is 24.3 Å². The standard InChI is InChI=1S/C20H20N2O6/c1-11-7-16(21(10-27-2)18(11)23)28-9-15-14-8-12-5-3-4-6-13(12)17(14)22(19(15)24)20(25)26/h3-7,9,14,16-17H,8,10H2,1-2H3,(H,25,26)/t14-,16?,17-/m1/s1. The summed E-state index contributed by atoms with van der Waals surface area (Å²) in [6.07, 6.45) is 1.53. The van der Waals surface area contributed by atoms with Crippen LogP contribution in [0.25, 0.3) is 0 Å². The van der Waals surface area contributed by atoms with E-state index in [1.165, 1.54) is 18.3 Å². The summed E-state index contributed by atoms with van der Waals surface area (Å²) in [6.45, 7) is 1.73. The Labute approximate surface area is 161 Å². The van der Waals surface area contributed by atoms with Gasteiger partial charge in [0.25, 0.3) is 11.8 Å². The molecule has 3 amide bonds. The van der Waals surface area contributed by atoms with Gasteiger partial charge in [-0.05, 0) is 30.5 Å². The zero-order chi connectivity index (χ0) is 20.0. The van der Waals surface area contributed by atoms with Crippen molar-refractivity contribution in [1.29, 1.82) is 0 Å². The SMILES string of the molecule is COCN1C(=O)C(C)=CC1OC=C1C(=O)N(C(=O)O)[C@@H]2c3ccccc3C[C@H]12. The summed E-state index contributed by atoms with van der Waals surface area (Å²) in [5.41, 5.74) is 2.69. The number of rotatable bonds is 4. The van der Waals surface area contributed by atoms with E-state index < -0.39 is 24.3 Å². The maximum absolute atomic E-state index is 12.8. The summed E-state index contributed by atoms with van der Waals surface area (Å²) in [7, 11) is 1.47. The van der Waals surface area contributed by atoms with Gasteiger partial charge >= 0.3 is 6.09 Å². The van der Waals surface area contributed by atoms with Crippen LogP contribution in [-0.4, -0.2) is 52.9 Å². The molecule has 0 radical (unpaired) electrons. The molecule has 8 nitrogen and oxygen atoms in total. The van der Waals surface area contributed by atoms with Gasteiger partial charge in [-0.3, -0.25) is 14.5 Å². The summed E-state index contributed by atoms with van der Waals surface area (Å²) in [6, 6.07) is 6.99. The minimum Gasteiger partial charge on any atom is -0.474 e. The van der Waals surface area contributed by atoms with E-state index in [0.29, 0.717) is 17.6 Å². The van der Waals surface area contributed by atoms with Gasteiger partial charge in [0.05, 0.1) is 17.9 Å². The minimum absolute atomic E-state index is 0.0488. The fourth-order valence-electron chi connectivity index (χ4n) is 4.18. The van der Waals surface area contributed by atoms with Gasteiger partial charge in [0.1, 0.15) is 6.73 Å². The number of hydrogen-bond donors (Lipinski definition) is 1. The largest absolute Gasteiger partial charge is 0.474 e. The number of fused-ring (bicyclic) bond motifs is 3. The Bertz CT molecular complexity index is 921. The summed E-state index contributed by atoms with van der Waals surface area (Å²) < 4.78 is 10.8. The molecule has 0 spiro atoms. The van der Waals surface area contributed by atoms with Crippen LogP contribution in [-0.2, 0) is 25.5 Å². The van der Waals surface area contributed by atoms with Crippen molar-refractivity contribution in [2.24, 2.45) is 5.92 Å². The molecular weight excluding hydrogens is 364 g/mol. The molecule has 1 aromatic rings. The fraction of sp³-hybridized carbons (Fsp3) is 0.350. The third-order valence-electron chi connectivity index (χ3n) is 5.44. The summed E-state index contributed by atoms with van der Waals surface area (Å²) in [5.74, 6) is -1.10. The lowest BCUT2D eigenvalue weighted by molar-refractivity contribution is -0.139. The number of imide groups is 1. The van der Waals surface area contributed by atoms with Crippen LogP contribution in [0.3, 0.4) is 0 Å². The molecule has 3 atom stereocenters. The summed E-state index contributed by atoms with van der Waals surface area (Å²) in [5, 5.41) is 9.59. The van der Waals surface area contributed by atoms with Crippen LogP contribution >= 0.6 is 0 Å². The number of carboxylic acid groups (broad SMARTS) is 1. The molecule has 1 aliphatic carbocycles. The normalized spacial score (nSPS) is 27.3. The molecule has 2 aliphatic heterocycles. The number of carbonyl (C=O) groups is 3. The highest BCUT2D eigenvalue weighted by atomic mass is 16.5. The van der Waals surface area contributed by atoms with Gasteiger partial charge in [-0.25, -0.2) is 9.69 Å². The molecule has 1 fully saturated rings. The van der Waals surface area contributed by atoms with E-state index >= 15 is 0 Å². The van der Waals surface area contributed by atoms with Crippen LogP contribution in [0.1, 0.15) is 24.1 Å². The molecule has 28 heavy (non-hydrogen) atoms.